The molecule has 0 N–H and O–H groups in total. The van der Waals surface area contributed by atoms with Crippen LogP contribution in [0.1, 0.15) is 12.8 Å². The Kier molecular flexibility index (Phi) is 3.92. The summed E-state index contributed by atoms with van der Waals surface area (Å²) in [7, 11) is 1.79. The van der Waals surface area contributed by atoms with Crippen LogP contribution in [0.25, 0.3) is 0 Å². The quantitative estimate of drug-likeness (QED) is 0.769. The van der Waals surface area contributed by atoms with Gasteiger partial charge in [0.25, 0.3) is 0 Å². The molecule has 2 aliphatic heterocycles. The van der Waals surface area contributed by atoms with Crippen molar-refractivity contribution < 1.29 is 14.3 Å². The third-order valence-corrected chi connectivity index (χ3v) is 4.33. The zero-order valence-electron chi connectivity index (χ0n) is 12.1. The van der Waals surface area contributed by atoms with E-state index in [9.17, 15) is 9.59 Å². The molecule has 2 amide bonds. The minimum absolute atomic E-state index is 0.0102. The van der Waals surface area contributed by atoms with Crippen LogP contribution >= 0.6 is 0 Å². The number of hydrogen-bond donors (Lipinski definition) is 0. The van der Waals surface area contributed by atoms with Gasteiger partial charge in [-0.2, -0.15) is 0 Å². The molecule has 7 nitrogen and oxygen atoms in total. The van der Waals surface area contributed by atoms with Gasteiger partial charge in [-0.1, -0.05) is 0 Å². The fraction of sp³-hybridized carbons (Fsp3) is 0.643. The summed E-state index contributed by atoms with van der Waals surface area (Å²) >= 11 is 0. The van der Waals surface area contributed by atoms with Crippen molar-refractivity contribution in [3.05, 3.63) is 18.7 Å². The molecule has 7 heteroatoms. The number of likely N-dealkylation sites (N-methyl/N-ethyl adjacent to an activating group) is 1. The van der Waals surface area contributed by atoms with E-state index < -0.39 is 0 Å². The molecule has 21 heavy (non-hydrogen) atoms. The summed E-state index contributed by atoms with van der Waals surface area (Å²) in [6, 6.07) is -0.0165. The largest absolute Gasteiger partial charge is 0.366 e. The SMILES string of the molecule is CN1C(=O)CO[C@@H]2CCN(C(=O)CCn3ccnc3)C[C@@H]21. The highest BCUT2D eigenvalue weighted by molar-refractivity contribution is 5.79. The van der Waals surface area contributed by atoms with Crippen molar-refractivity contribution >= 4 is 11.8 Å². The summed E-state index contributed by atoms with van der Waals surface area (Å²) in [5.41, 5.74) is 0. The maximum atomic E-state index is 12.3. The number of fused-ring (bicyclic) bond motifs is 1. The maximum Gasteiger partial charge on any atom is 0.248 e. The highest BCUT2D eigenvalue weighted by Gasteiger charge is 2.39. The molecule has 1 aromatic heterocycles. The Labute approximate surface area is 123 Å². The monoisotopic (exact) mass is 292 g/mol. The van der Waals surface area contributed by atoms with Gasteiger partial charge in [-0.05, 0) is 6.42 Å². The Morgan fingerprint density at radius 2 is 2.38 bits per heavy atom. The number of carbonyl (C=O) groups excluding carboxylic acids is 2. The van der Waals surface area contributed by atoms with E-state index in [2.05, 4.69) is 4.98 Å². The van der Waals surface area contributed by atoms with Crippen molar-refractivity contribution in [2.75, 3.05) is 26.7 Å². The molecule has 1 aromatic rings. The van der Waals surface area contributed by atoms with Gasteiger partial charge >= 0.3 is 0 Å². The van der Waals surface area contributed by atoms with Crippen LogP contribution in [0.2, 0.25) is 0 Å². The minimum Gasteiger partial charge on any atom is -0.366 e. The van der Waals surface area contributed by atoms with Crippen LogP contribution in [-0.2, 0) is 20.9 Å². The first kappa shape index (κ1) is 14.1. The molecule has 2 fully saturated rings. The average Bonchev–Trinajstić information content (AvgIpc) is 3.02. The van der Waals surface area contributed by atoms with Crippen molar-refractivity contribution in [1.29, 1.82) is 0 Å². The molecule has 0 aliphatic carbocycles. The van der Waals surface area contributed by atoms with Crippen LogP contribution in [-0.4, -0.2) is 70.1 Å². The van der Waals surface area contributed by atoms with Gasteiger partial charge in [0.15, 0.2) is 0 Å². The van der Waals surface area contributed by atoms with Crippen molar-refractivity contribution in [3.63, 3.8) is 0 Å². The topological polar surface area (TPSA) is 67.7 Å². The molecule has 2 atom stereocenters. The number of amides is 2. The highest BCUT2D eigenvalue weighted by atomic mass is 16.5. The molecular weight excluding hydrogens is 272 g/mol. The van der Waals surface area contributed by atoms with Gasteiger partial charge in [-0.15, -0.1) is 0 Å². The maximum absolute atomic E-state index is 12.3. The van der Waals surface area contributed by atoms with E-state index in [0.717, 1.165) is 6.42 Å². The van der Waals surface area contributed by atoms with E-state index in [0.29, 0.717) is 26.1 Å². The van der Waals surface area contributed by atoms with E-state index >= 15 is 0 Å². The molecule has 114 valence electrons. The smallest absolute Gasteiger partial charge is 0.248 e. The van der Waals surface area contributed by atoms with Crippen molar-refractivity contribution in [3.8, 4) is 0 Å². The number of aryl methyl sites for hydroxylation is 1. The van der Waals surface area contributed by atoms with Crippen LogP contribution < -0.4 is 0 Å². The number of morpholine rings is 1. The van der Waals surface area contributed by atoms with Crippen molar-refractivity contribution in [1.82, 2.24) is 19.4 Å². The number of piperidine rings is 1. The zero-order valence-corrected chi connectivity index (χ0v) is 12.1. The molecule has 0 saturated carbocycles. The third-order valence-electron chi connectivity index (χ3n) is 4.33. The van der Waals surface area contributed by atoms with Crippen LogP contribution in [0, 0.1) is 0 Å². The molecule has 2 saturated heterocycles. The number of ether oxygens (including phenoxy) is 1. The lowest BCUT2D eigenvalue weighted by Crippen LogP contribution is -2.61. The summed E-state index contributed by atoms with van der Waals surface area (Å²) in [6.07, 6.45) is 6.56. The van der Waals surface area contributed by atoms with Gasteiger partial charge < -0.3 is 19.1 Å². The second-order valence-electron chi connectivity index (χ2n) is 5.60. The van der Waals surface area contributed by atoms with E-state index in [-0.39, 0.29) is 30.6 Å². The summed E-state index contributed by atoms with van der Waals surface area (Å²) < 4.78 is 7.46. The van der Waals surface area contributed by atoms with Crippen LogP contribution in [0.5, 0.6) is 0 Å². The molecule has 0 bridgehead atoms. The predicted molar refractivity (Wildman–Crippen MR) is 74.3 cm³/mol. The van der Waals surface area contributed by atoms with Gasteiger partial charge in [0.1, 0.15) is 6.61 Å². The average molecular weight is 292 g/mol. The van der Waals surface area contributed by atoms with E-state index in [1.54, 1.807) is 24.5 Å². The van der Waals surface area contributed by atoms with E-state index in [4.69, 9.17) is 4.74 Å². The third kappa shape index (κ3) is 2.92. The normalized spacial score (nSPS) is 25.9. The Hall–Kier alpha value is -1.89. The van der Waals surface area contributed by atoms with Gasteiger partial charge in [-0.3, -0.25) is 9.59 Å². The minimum atomic E-state index is -0.0165. The predicted octanol–water partition coefficient (Wildman–Crippen LogP) is -0.269. The van der Waals surface area contributed by atoms with Crippen molar-refractivity contribution in [2.24, 2.45) is 0 Å². The number of nitrogens with zero attached hydrogens (tertiary/aromatic N) is 4. The number of hydrogen-bond acceptors (Lipinski definition) is 4. The number of likely N-dealkylation sites (tertiary alicyclic amines) is 1. The fourth-order valence-electron chi connectivity index (χ4n) is 2.97. The highest BCUT2D eigenvalue weighted by Crippen LogP contribution is 2.23. The van der Waals surface area contributed by atoms with Crippen LogP contribution in [0.15, 0.2) is 18.7 Å². The van der Waals surface area contributed by atoms with Gasteiger partial charge in [0.2, 0.25) is 11.8 Å². The molecular formula is C14H20N4O3. The first-order chi connectivity index (χ1) is 10.1. The van der Waals surface area contributed by atoms with Gasteiger partial charge in [-0.25, -0.2) is 4.98 Å². The molecule has 0 spiro atoms. The first-order valence-corrected chi connectivity index (χ1v) is 7.26. The molecule has 2 aliphatic rings. The zero-order chi connectivity index (χ0) is 14.8. The second-order valence-corrected chi connectivity index (χ2v) is 5.60. The molecule has 3 heterocycles. The lowest BCUT2D eigenvalue weighted by molar-refractivity contribution is -0.163. The van der Waals surface area contributed by atoms with Gasteiger partial charge in [0.05, 0.1) is 18.5 Å². The van der Waals surface area contributed by atoms with Gasteiger partial charge in [0, 0.05) is 45.5 Å². The lowest BCUT2D eigenvalue weighted by atomic mass is 9.99. The standard InChI is InChI=1S/C14H20N4O3/c1-16-11-8-18(6-2-12(11)21-9-14(16)20)13(19)3-5-17-7-4-15-10-17/h4,7,10-12H,2-3,5-6,8-9H2,1H3/t11-,12+/m0/s1. The van der Waals surface area contributed by atoms with Crippen molar-refractivity contribution in [2.45, 2.75) is 31.5 Å². The number of imidazole rings is 1. The number of aromatic nitrogens is 2. The summed E-state index contributed by atoms with van der Waals surface area (Å²) in [5.74, 6) is 0.109. The van der Waals surface area contributed by atoms with E-state index in [1.165, 1.54) is 0 Å². The fourth-order valence-corrected chi connectivity index (χ4v) is 2.97. The summed E-state index contributed by atoms with van der Waals surface area (Å²) in [5, 5.41) is 0. The van der Waals surface area contributed by atoms with E-state index in [1.807, 2.05) is 15.7 Å². The Balaban J connectivity index is 1.56. The molecule has 0 radical (unpaired) electrons. The first-order valence-electron chi connectivity index (χ1n) is 7.26. The summed E-state index contributed by atoms with van der Waals surface area (Å²) in [4.78, 5) is 31.5. The molecule has 0 unspecified atom stereocenters. The molecule has 3 rings (SSSR count). The number of carbonyl (C=O) groups is 2. The van der Waals surface area contributed by atoms with Crippen LogP contribution in [0.4, 0.5) is 0 Å². The molecule has 0 aromatic carbocycles. The summed E-state index contributed by atoms with van der Waals surface area (Å²) in [6.45, 7) is 2.06. The Morgan fingerprint density at radius 3 is 3.14 bits per heavy atom. The Bertz CT molecular complexity index is 516. The number of rotatable bonds is 3. The lowest BCUT2D eigenvalue weighted by Gasteiger charge is -2.45. The second kappa shape index (κ2) is 5.85. The Morgan fingerprint density at radius 1 is 1.52 bits per heavy atom. The van der Waals surface area contributed by atoms with Crippen LogP contribution in [0.3, 0.4) is 0 Å².